The van der Waals surface area contributed by atoms with Crippen molar-refractivity contribution in [1.29, 1.82) is 0 Å². The van der Waals surface area contributed by atoms with Crippen molar-refractivity contribution < 1.29 is 4.79 Å². The fourth-order valence-corrected chi connectivity index (χ4v) is 3.09. The molecule has 3 nitrogen and oxygen atoms in total. The van der Waals surface area contributed by atoms with Gasteiger partial charge in [0.1, 0.15) is 5.82 Å². The lowest BCUT2D eigenvalue weighted by atomic mass is 10.0. The van der Waals surface area contributed by atoms with Gasteiger partial charge in [-0.3, -0.25) is 4.79 Å². The average molecular weight is 347 g/mol. The summed E-state index contributed by atoms with van der Waals surface area (Å²) in [5.41, 5.74) is 2.93. The number of hydrogen-bond donors (Lipinski definition) is 1. The van der Waals surface area contributed by atoms with Crippen LogP contribution in [0.1, 0.15) is 30.6 Å². The number of imidazole rings is 1. The zero-order valence-electron chi connectivity index (χ0n) is 12.9. The third-order valence-electron chi connectivity index (χ3n) is 3.60. The molecule has 0 atom stereocenters. The van der Waals surface area contributed by atoms with Crippen LogP contribution in [0.4, 0.5) is 0 Å². The van der Waals surface area contributed by atoms with Crippen molar-refractivity contribution in [3.05, 3.63) is 52.0 Å². The van der Waals surface area contributed by atoms with Gasteiger partial charge in [0.05, 0.1) is 26.6 Å². The maximum absolute atomic E-state index is 12.2. The molecule has 0 unspecified atom stereocenters. The maximum atomic E-state index is 12.2. The van der Waals surface area contributed by atoms with Crippen LogP contribution < -0.4 is 0 Å². The summed E-state index contributed by atoms with van der Waals surface area (Å²) in [6, 6.07) is 10.8. The van der Waals surface area contributed by atoms with E-state index in [4.69, 9.17) is 23.2 Å². The summed E-state index contributed by atoms with van der Waals surface area (Å²) < 4.78 is 0. The smallest absolute Gasteiger partial charge is 0.163 e. The van der Waals surface area contributed by atoms with Crippen molar-refractivity contribution >= 4 is 40.0 Å². The number of ketones is 1. The molecule has 3 rings (SSSR count). The number of nitrogens with zero attached hydrogens (tertiary/aromatic N) is 1. The minimum Gasteiger partial charge on any atom is -0.338 e. The van der Waals surface area contributed by atoms with Crippen LogP contribution >= 0.6 is 23.2 Å². The van der Waals surface area contributed by atoms with E-state index in [0.717, 1.165) is 11.0 Å². The molecular formula is C18H16Cl2N2O. The van der Waals surface area contributed by atoms with Crippen molar-refractivity contribution in [1.82, 2.24) is 9.97 Å². The highest BCUT2D eigenvalue weighted by Gasteiger charge is 2.14. The van der Waals surface area contributed by atoms with Crippen molar-refractivity contribution in [2.45, 2.75) is 20.3 Å². The fourth-order valence-electron chi connectivity index (χ4n) is 2.51. The Balaban J connectivity index is 2.05. The van der Waals surface area contributed by atoms with Gasteiger partial charge in [0, 0.05) is 12.0 Å². The third kappa shape index (κ3) is 3.26. The molecule has 0 bridgehead atoms. The molecule has 0 radical (unpaired) electrons. The second-order valence-corrected chi connectivity index (χ2v) is 6.75. The Bertz CT molecular complexity index is 864. The van der Waals surface area contributed by atoms with Crippen LogP contribution in [0.25, 0.3) is 22.4 Å². The Morgan fingerprint density at radius 2 is 1.87 bits per heavy atom. The number of benzene rings is 2. The number of Topliss-reactive ketones (excluding diaryl/α,β-unsaturated/α-hetero) is 1. The third-order valence-corrected chi connectivity index (χ3v) is 4.23. The molecule has 2 aromatic carbocycles. The average Bonchev–Trinajstić information content (AvgIpc) is 2.88. The predicted molar refractivity (Wildman–Crippen MR) is 95.3 cm³/mol. The van der Waals surface area contributed by atoms with Crippen molar-refractivity contribution in [3.63, 3.8) is 0 Å². The Hall–Kier alpha value is -1.84. The Labute approximate surface area is 144 Å². The first-order valence-corrected chi connectivity index (χ1v) is 8.18. The Morgan fingerprint density at radius 3 is 2.52 bits per heavy atom. The highest BCUT2D eigenvalue weighted by molar-refractivity contribution is 6.39. The van der Waals surface area contributed by atoms with Crippen molar-refractivity contribution in [2.75, 3.05) is 0 Å². The molecule has 1 aromatic heterocycles. The summed E-state index contributed by atoms with van der Waals surface area (Å²) in [7, 11) is 0. The van der Waals surface area contributed by atoms with E-state index in [0.29, 0.717) is 39.3 Å². The van der Waals surface area contributed by atoms with E-state index in [1.807, 2.05) is 32.0 Å². The number of carbonyl (C=O) groups is 1. The maximum Gasteiger partial charge on any atom is 0.163 e. The molecule has 1 N–H and O–H groups in total. The summed E-state index contributed by atoms with van der Waals surface area (Å²) in [6.07, 6.45) is 0.531. The molecule has 0 amide bonds. The van der Waals surface area contributed by atoms with Gasteiger partial charge in [0.2, 0.25) is 0 Å². The van der Waals surface area contributed by atoms with Crippen LogP contribution in [-0.2, 0) is 0 Å². The molecule has 1 heterocycles. The lowest BCUT2D eigenvalue weighted by molar-refractivity contribution is 0.0968. The number of rotatable bonds is 4. The van der Waals surface area contributed by atoms with E-state index in [1.54, 1.807) is 18.2 Å². The highest BCUT2D eigenvalue weighted by atomic mass is 35.5. The monoisotopic (exact) mass is 346 g/mol. The summed E-state index contributed by atoms with van der Waals surface area (Å²) in [4.78, 5) is 19.9. The van der Waals surface area contributed by atoms with Gasteiger partial charge in [-0.2, -0.15) is 0 Å². The summed E-state index contributed by atoms with van der Waals surface area (Å²) in [5.74, 6) is 1.07. The number of aromatic amines is 1. The zero-order chi connectivity index (χ0) is 16.6. The van der Waals surface area contributed by atoms with E-state index in [-0.39, 0.29) is 5.78 Å². The summed E-state index contributed by atoms with van der Waals surface area (Å²) >= 11 is 12.5. The molecule has 0 saturated carbocycles. The first kappa shape index (κ1) is 16.0. The van der Waals surface area contributed by atoms with Crippen LogP contribution in [-0.4, -0.2) is 15.8 Å². The number of aromatic nitrogens is 2. The number of nitrogens with one attached hydrogen (secondary N) is 1. The lowest BCUT2D eigenvalue weighted by Crippen LogP contribution is -2.03. The van der Waals surface area contributed by atoms with E-state index in [9.17, 15) is 4.79 Å². The molecule has 0 saturated heterocycles. The summed E-state index contributed by atoms with van der Waals surface area (Å²) in [5, 5.41) is 1.07. The summed E-state index contributed by atoms with van der Waals surface area (Å²) in [6.45, 7) is 4.06. The number of carbonyl (C=O) groups excluding carboxylic acids is 1. The second kappa shape index (κ2) is 6.34. The predicted octanol–water partition coefficient (Wildman–Crippen LogP) is 5.77. The fraction of sp³-hybridized carbons (Fsp3) is 0.222. The lowest BCUT2D eigenvalue weighted by Gasteiger charge is -2.03. The van der Waals surface area contributed by atoms with Crippen molar-refractivity contribution in [3.8, 4) is 11.4 Å². The van der Waals surface area contributed by atoms with Gasteiger partial charge >= 0.3 is 0 Å². The van der Waals surface area contributed by atoms with Crippen LogP contribution in [0.2, 0.25) is 10.0 Å². The van der Waals surface area contributed by atoms with Gasteiger partial charge in [-0.25, -0.2) is 4.98 Å². The zero-order valence-corrected chi connectivity index (χ0v) is 14.4. The van der Waals surface area contributed by atoms with Gasteiger partial charge < -0.3 is 4.98 Å². The Morgan fingerprint density at radius 1 is 1.17 bits per heavy atom. The van der Waals surface area contributed by atoms with Gasteiger partial charge in [-0.05, 0) is 36.2 Å². The molecule has 0 aliphatic rings. The van der Waals surface area contributed by atoms with Crippen LogP contribution in [0.5, 0.6) is 0 Å². The molecule has 5 heteroatoms. The quantitative estimate of drug-likeness (QED) is 0.609. The van der Waals surface area contributed by atoms with E-state index >= 15 is 0 Å². The number of halogens is 2. The minimum absolute atomic E-state index is 0.133. The Kier molecular flexibility index (Phi) is 4.42. The topological polar surface area (TPSA) is 45.8 Å². The van der Waals surface area contributed by atoms with E-state index in [2.05, 4.69) is 9.97 Å². The van der Waals surface area contributed by atoms with Crippen LogP contribution in [0.3, 0.4) is 0 Å². The minimum atomic E-state index is 0.133. The number of hydrogen-bond acceptors (Lipinski definition) is 2. The van der Waals surface area contributed by atoms with Gasteiger partial charge in [0.15, 0.2) is 5.78 Å². The molecule has 118 valence electrons. The molecule has 0 spiro atoms. The second-order valence-electron chi connectivity index (χ2n) is 5.94. The van der Waals surface area contributed by atoms with Gasteiger partial charge in [0.25, 0.3) is 0 Å². The first-order chi connectivity index (χ1) is 11.0. The van der Waals surface area contributed by atoms with Gasteiger partial charge in [-0.1, -0.05) is 43.1 Å². The standard InChI is InChI=1S/C18H16Cl2N2O/c1-10(2)8-16(23)11-6-7-14-15(9-11)22-18(21-14)17-12(19)4-3-5-13(17)20/h3-7,9-10H,8H2,1-2H3,(H,21,22). The molecule has 23 heavy (non-hydrogen) atoms. The molecule has 0 fully saturated rings. The first-order valence-electron chi connectivity index (χ1n) is 7.43. The normalized spacial score (nSPS) is 11.3. The number of fused-ring (bicyclic) bond motifs is 1. The highest BCUT2D eigenvalue weighted by Crippen LogP contribution is 2.33. The SMILES string of the molecule is CC(C)CC(=O)c1ccc2nc(-c3c(Cl)cccc3Cl)[nH]c2c1. The van der Waals surface area contributed by atoms with E-state index in [1.165, 1.54) is 0 Å². The van der Waals surface area contributed by atoms with Crippen molar-refractivity contribution in [2.24, 2.45) is 5.92 Å². The van der Waals surface area contributed by atoms with Crippen LogP contribution in [0.15, 0.2) is 36.4 Å². The molecule has 3 aromatic rings. The van der Waals surface area contributed by atoms with E-state index < -0.39 is 0 Å². The largest absolute Gasteiger partial charge is 0.338 e. The molecule has 0 aliphatic carbocycles. The van der Waals surface area contributed by atoms with Crippen LogP contribution in [0, 0.1) is 5.92 Å². The van der Waals surface area contributed by atoms with Gasteiger partial charge in [-0.15, -0.1) is 0 Å². The molecular weight excluding hydrogens is 331 g/mol. The molecule has 0 aliphatic heterocycles. The number of H-pyrrole nitrogens is 1.